The standard InChI is InChI=1S/C9H10N2O3/c1-14-8-7(5-2-3-5)11-6(4-10-8)9(12)13/h4-5H,2-3H2,1H3,(H,12,13). The molecule has 0 aromatic carbocycles. The average molecular weight is 194 g/mol. The van der Waals surface area contributed by atoms with Gasteiger partial charge in [-0.3, -0.25) is 0 Å². The largest absolute Gasteiger partial charge is 0.480 e. The van der Waals surface area contributed by atoms with Crippen LogP contribution in [0.3, 0.4) is 0 Å². The summed E-state index contributed by atoms with van der Waals surface area (Å²) in [4.78, 5) is 18.6. The van der Waals surface area contributed by atoms with E-state index in [1.807, 2.05) is 0 Å². The first kappa shape index (κ1) is 8.93. The maximum Gasteiger partial charge on any atom is 0.356 e. The van der Waals surface area contributed by atoms with Crippen molar-refractivity contribution in [2.75, 3.05) is 7.11 Å². The van der Waals surface area contributed by atoms with E-state index in [-0.39, 0.29) is 5.69 Å². The lowest BCUT2D eigenvalue weighted by Gasteiger charge is -2.05. The Balaban J connectivity index is 2.41. The van der Waals surface area contributed by atoms with Gasteiger partial charge in [-0.2, -0.15) is 0 Å². The van der Waals surface area contributed by atoms with Crippen molar-refractivity contribution in [3.63, 3.8) is 0 Å². The average Bonchev–Trinajstić information content (AvgIpc) is 3.00. The Hall–Kier alpha value is -1.65. The number of aromatic carboxylic acids is 1. The molecule has 0 aliphatic heterocycles. The van der Waals surface area contributed by atoms with E-state index in [0.29, 0.717) is 17.5 Å². The van der Waals surface area contributed by atoms with Crippen molar-refractivity contribution < 1.29 is 14.6 Å². The van der Waals surface area contributed by atoms with Gasteiger partial charge < -0.3 is 9.84 Å². The molecule has 5 heteroatoms. The van der Waals surface area contributed by atoms with Crippen LogP contribution >= 0.6 is 0 Å². The SMILES string of the molecule is COc1ncc(C(=O)O)nc1C1CC1. The third-order valence-corrected chi connectivity index (χ3v) is 2.14. The second kappa shape index (κ2) is 3.25. The quantitative estimate of drug-likeness (QED) is 0.778. The second-order valence-corrected chi connectivity index (χ2v) is 3.23. The molecule has 0 amide bonds. The fourth-order valence-electron chi connectivity index (χ4n) is 1.28. The molecule has 1 heterocycles. The summed E-state index contributed by atoms with van der Waals surface area (Å²) in [5.41, 5.74) is 0.653. The molecule has 0 bridgehead atoms. The minimum absolute atomic E-state index is 0.0206. The number of ether oxygens (including phenoxy) is 1. The van der Waals surface area contributed by atoms with Gasteiger partial charge in [0.2, 0.25) is 5.88 Å². The molecule has 2 rings (SSSR count). The molecular formula is C9H10N2O3. The highest BCUT2D eigenvalue weighted by molar-refractivity contribution is 5.85. The molecule has 1 aromatic heterocycles. The van der Waals surface area contributed by atoms with E-state index in [1.165, 1.54) is 13.3 Å². The molecule has 0 saturated heterocycles. The molecule has 5 nitrogen and oxygen atoms in total. The van der Waals surface area contributed by atoms with Gasteiger partial charge in [-0.15, -0.1) is 0 Å². The van der Waals surface area contributed by atoms with Gasteiger partial charge in [0.15, 0.2) is 5.69 Å². The number of carboxylic acids is 1. The van der Waals surface area contributed by atoms with Crippen molar-refractivity contribution in [1.29, 1.82) is 0 Å². The van der Waals surface area contributed by atoms with Crippen LogP contribution in [0, 0.1) is 0 Å². The van der Waals surface area contributed by atoms with E-state index in [1.54, 1.807) is 0 Å². The molecule has 0 atom stereocenters. The highest BCUT2D eigenvalue weighted by Gasteiger charge is 2.30. The zero-order valence-electron chi connectivity index (χ0n) is 7.73. The fraction of sp³-hybridized carbons (Fsp3) is 0.444. The Morgan fingerprint density at radius 2 is 2.36 bits per heavy atom. The van der Waals surface area contributed by atoms with Crippen LogP contribution in [0.5, 0.6) is 5.88 Å². The van der Waals surface area contributed by atoms with Crippen molar-refractivity contribution in [2.24, 2.45) is 0 Å². The number of hydrogen-bond donors (Lipinski definition) is 1. The summed E-state index contributed by atoms with van der Waals surface area (Å²) in [5.74, 6) is -0.281. The smallest absolute Gasteiger partial charge is 0.356 e. The van der Waals surface area contributed by atoms with Crippen LogP contribution < -0.4 is 4.74 Å². The monoisotopic (exact) mass is 194 g/mol. The summed E-state index contributed by atoms with van der Waals surface area (Å²) in [7, 11) is 1.51. The first-order chi connectivity index (χ1) is 6.72. The Morgan fingerprint density at radius 1 is 1.64 bits per heavy atom. The van der Waals surface area contributed by atoms with Gasteiger partial charge >= 0.3 is 5.97 Å². The molecule has 0 spiro atoms. The maximum absolute atomic E-state index is 10.7. The molecule has 14 heavy (non-hydrogen) atoms. The molecular weight excluding hydrogens is 184 g/mol. The van der Waals surface area contributed by atoms with Crippen LogP contribution in [-0.4, -0.2) is 28.2 Å². The molecule has 1 aliphatic rings. The predicted octanol–water partition coefficient (Wildman–Crippen LogP) is 1.06. The predicted molar refractivity (Wildman–Crippen MR) is 47.5 cm³/mol. The van der Waals surface area contributed by atoms with Crippen LogP contribution in [0.15, 0.2) is 6.20 Å². The minimum atomic E-state index is -1.05. The van der Waals surface area contributed by atoms with Crippen molar-refractivity contribution in [3.05, 3.63) is 17.6 Å². The van der Waals surface area contributed by atoms with Gasteiger partial charge in [0, 0.05) is 5.92 Å². The van der Waals surface area contributed by atoms with E-state index in [4.69, 9.17) is 9.84 Å². The van der Waals surface area contributed by atoms with Gasteiger partial charge in [0.25, 0.3) is 0 Å². The van der Waals surface area contributed by atoms with E-state index in [2.05, 4.69) is 9.97 Å². The first-order valence-corrected chi connectivity index (χ1v) is 4.36. The Morgan fingerprint density at radius 3 is 2.86 bits per heavy atom. The van der Waals surface area contributed by atoms with Crippen LogP contribution in [0.25, 0.3) is 0 Å². The van der Waals surface area contributed by atoms with Crippen molar-refractivity contribution in [2.45, 2.75) is 18.8 Å². The summed E-state index contributed by atoms with van der Waals surface area (Å²) < 4.78 is 5.01. The molecule has 1 fully saturated rings. The molecule has 0 unspecified atom stereocenters. The lowest BCUT2D eigenvalue weighted by molar-refractivity contribution is 0.0689. The van der Waals surface area contributed by atoms with Gasteiger partial charge in [-0.1, -0.05) is 0 Å². The molecule has 1 aliphatic carbocycles. The number of carboxylic acid groups (broad SMARTS) is 1. The highest BCUT2D eigenvalue weighted by Crippen LogP contribution is 2.42. The van der Waals surface area contributed by atoms with Crippen LogP contribution in [0.2, 0.25) is 0 Å². The number of hydrogen-bond acceptors (Lipinski definition) is 4. The zero-order valence-corrected chi connectivity index (χ0v) is 7.73. The molecule has 1 saturated carbocycles. The lowest BCUT2D eigenvalue weighted by Crippen LogP contribution is -2.06. The maximum atomic E-state index is 10.7. The number of carbonyl (C=O) groups is 1. The fourth-order valence-corrected chi connectivity index (χ4v) is 1.28. The van der Waals surface area contributed by atoms with E-state index < -0.39 is 5.97 Å². The van der Waals surface area contributed by atoms with Crippen LogP contribution in [-0.2, 0) is 0 Å². The number of methoxy groups -OCH3 is 1. The first-order valence-electron chi connectivity index (χ1n) is 4.36. The summed E-state index contributed by atoms with van der Waals surface area (Å²) in [6.45, 7) is 0. The lowest BCUT2D eigenvalue weighted by atomic mass is 10.3. The molecule has 74 valence electrons. The summed E-state index contributed by atoms with van der Waals surface area (Å²) in [6.07, 6.45) is 3.29. The van der Waals surface area contributed by atoms with Gasteiger partial charge in [0.05, 0.1) is 13.3 Å². The highest BCUT2D eigenvalue weighted by atomic mass is 16.5. The zero-order chi connectivity index (χ0) is 10.1. The number of nitrogens with zero attached hydrogens (tertiary/aromatic N) is 2. The molecule has 1 aromatic rings. The van der Waals surface area contributed by atoms with Crippen molar-refractivity contribution in [1.82, 2.24) is 9.97 Å². The summed E-state index contributed by atoms with van der Waals surface area (Å²) in [5, 5.41) is 8.73. The van der Waals surface area contributed by atoms with E-state index >= 15 is 0 Å². The van der Waals surface area contributed by atoms with Crippen molar-refractivity contribution >= 4 is 5.97 Å². The third kappa shape index (κ3) is 1.53. The number of rotatable bonds is 3. The van der Waals surface area contributed by atoms with Crippen molar-refractivity contribution in [3.8, 4) is 5.88 Å². The normalized spacial score (nSPS) is 15.2. The summed E-state index contributed by atoms with van der Waals surface area (Å²) in [6, 6.07) is 0. The summed E-state index contributed by atoms with van der Waals surface area (Å²) >= 11 is 0. The second-order valence-electron chi connectivity index (χ2n) is 3.23. The minimum Gasteiger partial charge on any atom is -0.480 e. The van der Waals surface area contributed by atoms with Crippen LogP contribution in [0.4, 0.5) is 0 Å². The molecule has 0 radical (unpaired) electrons. The van der Waals surface area contributed by atoms with Crippen LogP contribution in [0.1, 0.15) is 34.9 Å². The molecule has 1 N–H and O–H groups in total. The topological polar surface area (TPSA) is 72.3 Å². The Kier molecular flexibility index (Phi) is 2.07. The third-order valence-electron chi connectivity index (χ3n) is 2.14. The van der Waals surface area contributed by atoms with Gasteiger partial charge in [-0.25, -0.2) is 14.8 Å². The Bertz CT molecular complexity index is 374. The van der Waals surface area contributed by atoms with E-state index in [0.717, 1.165) is 12.8 Å². The van der Waals surface area contributed by atoms with Gasteiger partial charge in [-0.05, 0) is 12.8 Å². The van der Waals surface area contributed by atoms with Gasteiger partial charge in [0.1, 0.15) is 5.69 Å². The van der Waals surface area contributed by atoms with E-state index in [9.17, 15) is 4.79 Å². The number of aromatic nitrogens is 2. The Labute approximate surface area is 80.8 Å².